The summed E-state index contributed by atoms with van der Waals surface area (Å²) in [6.07, 6.45) is 0. The van der Waals surface area contributed by atoms with Gasteiger partial charge >= 0.3 is 96.8 Å². The third kappa shape index (κ3) is 3.48. The summed E-state index contributed by atoms with van der Waals surface area (Å²) in [5.74, 6) is -0.0729. The Hall–Kier alpha value is 0.850. The molecule has 6 heteroatoms. The van der Waals surface area contributed by atoms with Gasteiger partial charge in [0.15, 0.2) is 0 Å². The van der Waals surface area contributed by atoms with Crippen LogP contribution in [0.25, 0.3) is 0 Å². The van der Waals surface area contributed by atoms with Gasteiger partial charge in [0, 0.05) is 0 Å². The first-order valence-corrected chi connectivity index (χ1v) is 11.6. The molecule has 4 nitrogen and oxygen atoms in total. The van der Waals surface area contributed by atoms with E-state index in [1.807, 2.05) is 0 Å². The fourth-order valence-corrected chi connectivity index (χ4v) is 11.6. The summed E-state index contributed by atoms with van der Waals surface area (Å²) in [5.41, 5.74) is 0. The molecule has 1 fully saturated rings. The quantitative estimate of drug-likeness (QED) is 0.101. The second-order valence-electron chi connectivity index (χ2n) is 2.52. The molecule has 1 heterocycles. The van der Waals surface area contributed by atoms with Crippen LogP contribution in [0.15, 0.2) is 0 Å². The minimum atomic E-state index is -0.888. The molecule has 2 unspecified atom stereocenters. The first kappa shape index (κ1) is 11.9. The normalized spacial score (nSPS) is 25.8. The topological polar surface area (TPSA) is 57.5 Å². The van der Waals surface area contributed by atoms with Crippen molar-refractivity contribution >= 4 is 26.1 Å². The van der Waals surface area contributed by atoms with E-state index in [0.717, 1.165) is 0 Å². The van der Waals surface area contributed by atoms with Crippen LogP contribution in [0.4, 0.5) is 0 Å². The van der Waals surface area contributed by atoms with Crippen molar-refractivity contribution in [2.45, 2.75) is 7.97 Å². The van der Waals surface area contributed by atoms with E-state index in [-0.39, 0.29) is 37.9 Å². The number of carbonyl (C=O) groups is 1. The molecule has 1 N–H and O–H groups in total. The van der Waals surface area contributed by atoms with Crippen LogP contribution in [-0.4, -0.2) is 37.7 Å². The van der Waals surface area contributed by atoms with Gasteiger partial charge in [0.25, 0.3) is 0 Å². The van der Waals surface area contributed by atoms with E-state index in [1.54, 1.807) is 0 Å². The molecule has 0 amide bonds. The number of esters is 1. The molecule has 1 aliphatic heterocycles. The Morgan fingerprint density at radius 3 is 2.77 bits per heavy atom. The fraction of sp³-hybridized carbons (Fsp3) is 0.857. The average Bonchev–Trinajstić information content (AvgIpc) is 2.80. The molecule has 13 heavy (non-hydrogen) atoms. The molecule has 0 bridgehead atoms. The molecule has 2 atom stereocenters. The number of hydrogen-bond donors (Lipinski definition) is 1. The maximum atomic E-state index is 11.5. The van der Waals surface area contributed by atoms with Crippen LogP contribution in [-0.2, 0) is 14.3 Å². The Balaban J connectivity index is 2.33. The zero-order valence-electron chi connectivity index (χ0n) is 7.84. The Bertz CT molecular complexity index is 191. The van der Waals surface area contributed by atoms with Crippen LogP contribution in [0.1, 0.15) is 0 Å². The van der Waals surface area contributed by atoms with E-state index in [1.165, 1.54) is 7.11 Å². The van der Waals surface area contributed by atoms with Gasteiger partial charge in [-0.2, -0.15) is 0 Å². The predicted octanol–water partition coefficient (Wildman–Crippen LogP) is -2.80. The first-order valence-electron chi connectivity index (χ1n) is 3.69. The molecule has 0 saturated carbocycles. The van der Waals surface area contributed by atoms with Crippen LogP contribution < -0.4 is 24.7 Å². The molecule has 0 aromatic heterocycles. The fourth-order valence-electron chi connectivity index (χ4n) is 0.878. The standard InChI is InChI=1S/C7H14I2NO3/c1-8-5(6-9(2)10-6)7(11)13-4-12-3/h5-6,10H,4H2,1-3H3/q-1. The summed E-state index contributed by atoms with van der Waals surface area (Å²) in [6.45, 7) is 0.0870. The number of rotatable bonds is 5. The Morgan fingerprint density at radius 2 is 2.38 bits per heavy atom. The van der Waals surface area contributed by atoms with Gasteiger partial charge in [-0.15, -0.1) is 0 Å². The number of hydrogen-bond acceptors (Lipinski definition) is 4. The molecule has 80 valence electrons. The molecular formula is C7H14I2NO3-. The van der Waals surface area contributed by atoms with Gasteiger partial charge in [0.2, 0.25) is 0 Å². The van der Waals surface area contributed by atoms with Gasteiger partial charge in [-0.3, -0.25) is 0 Å². The molecule has 0 aromatic carbocycles. The van der Waals surface area contributed by atoms with E-state index >= 15 is 0 Å². The predicted molar refractivity (Wildman–Crippen MR) is 54.5 cm³/mol. The number of ether oxygens (including phenoxy) is 2. The summed E-state index contributed by atoms with van der Waals surface area (Å²) >= 11 is -0.963. The van der Waals surface area contributed by atoms with E-state index in [0.29, 0.717) is 4.05 Å². The first-order chi connectivity index (χ1) is 6.20. The van der Waals surface area contributed by atoms with Crippen LogP contribution in [0.5, 0.6) is 0 Å². The Morgan fingerprint density at radius 1 is 1.77 bits per heavy atom. The van der Waals surface area contributed by atoms with Gasteiger partial charge in [0.05, 0.1) is 0 Å². The van der Waals surface area contributed by atoms with Gasteiger partial charge in [-0.1, -0.05) is 0 Å². The Kier molecular flexibility index (Phi) is 5.19. The summed E-state index contributed by atoms with van der Waals surface area (Å²) in [7, 11) is 1.52. The molecule has 0 radical (unpaired) electrons. The number of alkyl halides is 4. The number of nitrogens with one attached hydrogen (secondary N) is 1. The van der Waals surface area contributed by atoms with Crippen molar-refractivity contribution in [2.24, 2.45) is 0 Å². The van der Waals surface area contributed by atoms with Gasteiger partial charge in [0.1, 0.15) is 0 Å². The van der Waals surface area contributed by atoms with Crippen molar-refractivity contribution in [3.63, 3.8) is 0 Å². The molecule has 0 aromatic rings. The molecule has 0 aliphatic carbocycles. The van der Waals surface area contributed by atoms with E-state index in [9.17, 15) is 4.79 Å². The van der Waals surface area contributed by atoms with Crippen molar-refractivity contribution in [1.82, 2.24) is 3.53 Å². The van der Waals surface area contributed by atoms with Crippen LogP contribution >= 0.6 is 20.1 Å². The van der Waals surface area contributed by atoms with Crippen molar-refractivity contribution < 1.29 is 35.5 Å². The molecule has 1 saturated heterocycles. The van der Waals surface area contributed by atoms with Gasteiger partial charge in [-0.05, 0) is 0 Å². The van der Waals surface area contributed by atoms with Crippen molar-refractivity contribution in [3.05, 3.63) is 0 Å². The zero-order chi connectivity index (χ0) is 9.84. The Labute approximate surface area is 96.1 Å². The molecule has 0 spiro atoms. The molecule has 1 aliphatic rings. The monoisotopic (exact) mass is 414 g/mol. The van der Waals surface area contributed by atoms with E-state index < -0.39 is 20.1 Å². The van der Waals surface area contributed by atoms with Crippen LogP contribution in [0, 0.1) is 0 Å². The van der Waals surface area contributed by atoms with Gasteiger partial charge in [-0.25, -0.2) is 0 Å². The summed E-state index contributed by atoms with van der Waals surface area (Å²) < 4.78 is 13.7. The molecular weight excluding hydrogens is 400 g/mol. The SMILES string of the molecule is COCOC(=O)C([I-]C)C1NI1C. The van der Waals surface area contributed by atoms with Crippen molar-refractivity contribution in [2.75, 3.05) is 23.8 Å². The average molecular weight is 414 g/mol. The van der Waals surface area contributed by atoms with Crippen LogP contribution in [0.3, 0.4) is 0 Å². The van der Waals surface area contributed by atoms with E-state index in [2.05, 4.69) is 13.4 Å². The van der Waals surface area contributed by atoms with Crippen molar-refractivity contribution in [3.8, 4) is 0 Å². The number of carbonyl (C=O) groups excluding carboxylic acids is 1. The third-order valence-electron chi connectivity index (χ3n) is 1.62. The summed E-state index contributed by atoms with van der Waals surface area (Å²) in [4.78, 5) is 15.8. The third-order valence-corrected chi connectivity index (χ3v) is 9.59. The summed E-state index contributed by atoms with van der Waals surface area (Å²) in [6, 6.07) is 0. The van der Waals surface area contributed by atoms with E-state index in [4.69, 9.17) is 9.47 Å². The van der Waals surface area contributed by atoms with Crippen LogP contribution in [0.2, 0.25) is 0 Å². The molecule has 1 rings (SSSR count). The summed E-state index contributed by atoms with van der Waals surface area (Å²) in [5, 5.41) is 0. The second kappa shape index (κ2) is 5.66. The maximum absolute atomic E-state index is 11.5. The van der Waals surface area contributed by atoms with Crippen molar-refractivity contribution in [1.29, 1.82) is 0 Å². The second-order valence-corrected chi connectivity index (χ2v) is 10.0. The zero-order valence-corrected chi connectivity index (χ0v) is 12.2. The number of methoxy groups -OCH3 is 1. The minimum absolute atomic E-state index is 0.0729. The van der Waals surface area contributed by atoms with Gasteiger partial charge < -0.3 is 0 Å². The number of halogens is 2.